The van der Waals surface area contributed by atoms with Crippen molar-refractivity contribution in [2.75, 3.05) is 6.61 Å². The molecule has 0 amide bonds. The number of hydrogen-bond acceptors (Lipinski definition) is 2. The fraction of sp³-hybridized carbons (Fsp3) is 0.462. The number of Topliss-reactive ketones (excluding diaryl/α,β-unsaturated/α-hetero) is 1. The first kappa shape index (κ1) is 12.7. The smallest absolute Gasteiger partial charge is 0.162 e. The van der Waals surface area contributed by atoms with Gasteiger partial charge in [-0.15, -0.1) is 0 Å². The summed E-state index contributed by atoms with van der Waals surface area (Å²) in [5.74, 6) is 0.283. The van der Waals surface area contributed by atoms with Crippen molar-refractivity contribution in [3.8, 4) is 5.75 Å². The summed E-state index contributed by atoms with van der Waals surface area (Å²) in [4.78, 5) is 11.4. The van der Waals surface area contributed by atoms with Crippen molar-refractivity contribution in [1.82, 2.24) is 0 Å². The molecule has 0 aliphatic heterocycles. The molecule has 1 aromatic rings. The predicted molar refractivity (Wildman–Crippen MR) is 61.4 cm³/mol. The van der Waals surface area contributed by atoms with Gasteiger partial charge in [-0.05, 0) is 18.1 Å². The molecule has 0 radical (unpaired) electrons. The average Bonchev–Trinajstić information content (AvgIpc) is 2.24. The molecule has 3 heteroatoms. The van der Waals surface area contributed by atoms with Crippen LogP contribution in [0.4, 0.5) is 4.39 Å². The van der Waals surface area contributed by atoms with Gasteiger partial charge in [0.2, 0.25) is 0 Å². The highest BCUT2D eigenvalue weighted by Gasteiger charge is 2.08. The van der Waals surface area contributed by atoms with Gasteiger partial charge in [-0.2, -0.15) is 0 Å². The zero-order valence-corrected chi connectivity index (χ0v) is 9.92. The van der Waals surface area contributed by atoms with Crippen LogP contribution in [-0.2, 0) is 0 Å². The topological polar surface area (TPSA) is 26.3 Å². The molecule has 0 fully saturated rings. The van der Waals surface area contributed by atoms with E-state index < -0.39 is 5.82 Å². The first-order chi connectivity index (χ1) is 7.52. The van der Waals surface area contributed by atoms with E-state index in [4.69, 9.17) is 4.74 Å². The normalized spacial score (nSPS) is 10.6. The quantitative estimate of drug-likeness (QED) is 0.716. The third-order valence-electron chi connectivity index (χ3n) is 2.10. The Morgan fingerprint density at radius 3 is 2.62 bits per heavy atom. The molecule has 0 aliphatic rings. The second kappa shape index (κ2) is 5.64. The van der Waals surface area contributed by atoms with Crippen LogP contribution < -0.4 is 4.74 Å². The Kier molecular flexibility index (Phi) is 4.47. The maximum absolute atomic E-state index is 13.2. The first-order valence-electron chi connectivity index (χ1n) is 5.49. The highest BCUT2D eigenvalue weighted by Crippen LogP contribution is 2.18. The van der Waals surface area contributed by atoms with Gasteiger partial charge in [0.1, 0.15) is 11.6 Å². The third-order valence-corrected chi connectivity index (χ3v) is 2.10. The summed E-state index contributed by atoms with van der Waals surface area (Å²) < 4.78 is 18.6. The van der Waals surface area contributed by atoms with Crippen molar-refractivity contribution in [1.29, 1.82) is 0 Å². The van der Waals surface area contributed by atoms with Gasteiger partial charge in [-0.3, -0.25) is 4.79 Å². The van der Waals surface area contributed by atoms with Crippen molar-refractivity contribution in [2.24, 2.45) is 5.92 Å². The fourth-order valence-electron chi connectivity index (χ4n) is 1.27. The Bertz CT molecular complexity index is 372. The zero-order chi connectivity index (χ0) is 12.1. The summed E-state index contributed by atoms with van der Waals surface area (Å²) in [5, 5.41) is 0. The Morgan fingerprint density at radius 2 is 2.06 bits per heavy atom. The van der Waals surface area contributed by atoms with Gasteiger partial charge < -0.3 is 4.74 Å². The minimum absolute atomic E-state index is 0.0751. The van der Waals surface area contributed by atoms with E-state index in [1.807, 2.05) is 13.8 Å². The Balaban J connectivity index is 2.85. The monoisotopic (exact) mass is 224 g/mol. The largest absolute Gasteiger partial charge is 0.493 e. The molecule has 0 saturated heterocycles. The molecule has 0 aromatic heterocycles. The number of hydrogen-bond donors (Lipinski definition) is 0. The Morgan fingerprint density at radius 1 is 1.38 bits per heavy atom. The van der Waals surface area contributed by atoms with E-state index in [0.717, 1.165) is 0 Å². The minimum atomic E-state index is -0.432. The third kappa shape index (κ3) is 3.65. The van der Waals surface area contributed by atoms with Crippen molar-refractivity contribution < 1.29 is 13.9 Å². The van der Waals surface area contributed by atoms with Crippen LogP contribution in [0.1, 0.15) is 37.6 Å². The molecule has 88 valence electrons. The lowest BCUT2D eigenvalue weighted by atomic mass is 10.1. The lowest BCUT2D eigenvalue weighted by Crippen LogP contribution is -2.06. The molecule has 0 atom stereocenters. The van der Waals surface area contributed by atoms with Crippen LogP contribution >= 0.6 is 0 Å². The lowest BCUT2D eigenvalue weighted by molar-refractivity contribution is 0.0987. The molecule has 0 aliphatic carbocycles. The number of carbonyl (C=O) groups excluding carboxylic acids is 1. The van der Waals surface area contributed by atoms with Crippen LogP contribution in [0.2, 0.25) is 0 Å². The molecule has 0 unspecified atom stereocenters. The summed E-state index contributed by atoms with van der Waals surface area (Å²) >= 11 is 0. The van der Waals surface area contributed by atoms with E-state index in [-0.39, 0.29) is 5.78 Å². The lowest BCUT2D eigenvalue weighted by Gasteiger charge is -2.09. The van der Waals surface area contributed by atoms with Gasteiger partial charge in [-0.25, -0.2) is 4.39 Å². The van der Waals surface area contributed by atoms with E-state index in [1.165, 1.54) is 12.1 Å². The maximum Gasteiger partial charge on any atom is 0.162 e. The minimum Gasteiger partial charge on any atom is -0.493 e. The van der Waals surface area contributed by atoms with Crippen LogP contribution in [0.3, 0.4) is 0 Å². The Hall–Kier alpha value is -1.38. The predicted octanol–water partition coefficient (Wildman–Crippen LogP) is 3.45. The summed E-state index contributed by atoms with van der Waals surface area (Å²) in [6, 6.07) is 4.14. The maximum atomic E-state index is 13.2. The van der Waals surface area contributed by atoms with Crippen LogP contribution in [0.15, 0.2) is 18.2 Å². The van der Waals surface area contributed by atoms with E-state index in [2.05, 4.69) is 0 Å². The zero-order valence-electron chi connectivity index (χ0n) is 9.92. The van der Waals surface area contributed by atoms with Crippen LogP contribution in [0, 0.1) is 11.7 Å². The highest BCUT2D eigenvalue weighted by molar-refractivity contribution is 5.96. The van der Waals surface area contributed by atoms with Gasteiger partial charge in [0.25, 0.3) is 0 Å². The molecule has 2 nitrogen and oxygen atoms in total. The van der Waals surface area contributed by atoms with E-state index in [1.54, 1.807) is 13.0 Å². The second-order valence-electron chi connectivity index (χ2n) is 4.16. The van der Waals surface area contributed by atoms with Gasteiger partial charge in [0, 0.05) is 18.1 Å². The summed E-state index contributed by atoms with van der Waals surface area (Å²) in [7, 11) is 0. The summed E-state index contributed by atoms with van der Waals surface area (Å²) in [5.41, 5.74) is 0.376. The molecular formula is C13H17FO2. The van der Waals surface area contributed by atoms with E-state index in [0.29, 0.717) is 30.3 Å². The fourth-order valence-corrected chi connectivity index (χ4v) is 1.27. The SMILES string of the molecule is CCC(=O)c1cc(F)cc(OCC(C)C)c1. The van der Waals surface area contributed by atoms with Gasteiger partial charge in [-0.1, -0.05) is 20.8 Å². The highest BCUT2D eigenvalue weighted by atomic mass is 19.1. The van der Waals surface area contributed by atoms with E-state index >= 15 is 0 Å². The van der Waals surface area contributed by atoms with Gasteiger partial charge in [0.05, 0.1) is 6.61 Å². The van der Waals surface area contributed by atoms with Crippen molar-refractivity contribution >= 4 is 5.78 Å². The van der Waals surface area contributed by atoms with Gasteiger partial charge >= 0.3 is 0 Å². The molecule has 0 N–H and O–H groups in total. The number of rotatable bonds is 5. The number of halogens is 1. The molecule has 16 heavy (non-hydrogen) atoms. The average molecular weight is 224 g/mol. The molecule has 1 rings (SSSR count). The number of ether oxygens (including phenoxy) is 1. The first-order valence-corrected chi connectivity index (χ1v) is 5.49. The molecule has 0 saturated carbocycles. The second-order valence-corrected chi connectivity index (χ2v) is 4.16. The molecule has 0 bridgehead atoms. The standard InChI is InChI=1S/C13H17FO2/c1-4-13(15)10-5-11(14)7-12(6-10)16-8-9(2)3/h5-7,9H,4,8H2,1-3H3. The van der Waals surface area contributed by atoms with Crippen LogP contribution in [0.5, 0.6) is 5.75 Å². The van der Waals surface area contributed by atoms with Crippen LogP contribution in [-0.4, -0.2) is 12.4 Å². The Labute approximate surface area is 95.4 Å². The van der Waals surface area contributed by atoms with Crippen molar-refractivity contribution in [2.45, 2.75) is 27.2 Å². The molecular weight excluding hydrogens is 207 g/mol. The molecule has 0 heterocycles. The summed E-state index contributed by atoms with van der Waals surface area (Å²) in [6.07, 6.45) is 0.368. The molecule has 1 aromatic carbocycles. The molecule has 0 spiro atoms. The number of carbonyl (C=O) groups is 1. The number of ketones is 1. The number of benzene rings is 1. The van der Waals surface area contributed by atoms with Gasteiger partial charge in [0.15, 0.2) is 5.78 Å². The summed E-state index contributed by atoms with van der Waals surface area (Å²) in [6.45, 7) is 6.29. The van der Waals surface area contributed by atoms with Crippen LogP contribution in [0.25, 0.3) is 0 Å². The van der Waals surface area contributed by atoms with E-state index in [9.17, 15) is 9.18 Å². The van der Waals surface area contributed by atoms with Crippen molar-refractivity contribution in [3.63, 3.8) is 0 Å². The van der Waals surface area contributed by atoms with Crippen molar-refractivity contribution in [3.05, 3.63) is 29.6 Å².